The number of esters is 1. The predicted octanol–water partition coefficient (Wildman–Crippen LogP) is 3.08. The Morgan fingerprint density at radius 2 is 1.85 bits per heavy atom. The van der Waals surface area contributed by atoms with Gasteiger partial charge in [-0.1, -0.05) is 6.92 Å². The highest BCUT2D eigenvalue weighted by molar-refractivity contribution is 5.92. The van der Waals surface area contributed by atoms with E-state index in [1.807, 2.05) is 38.1 Å². The zero-order valence-electron chi connectivity index (χ0n) is 16.0. The lowest BCUT2D eigenvalue weighted by atomic mass is 9.97. The van der Waals surface area contributed by atoms with Gasteiger partial charge in [-0.25, -0.2) is 0 Å². The summed E-state index contributed by atoms with van der Waals surface area (Å²) < 4.78 is 10.8. The van der Waals surface area contributed by atoms with Crippen LogP contribution in [0.1, 0.15) is 40.0 Å². The van der Waals surface area contributed by atoms with Gasteiger partial charge in [0.25, 0.3) is 0 Å². The molecule has 0 bridgehead atoms. The molecule has 1 N–H and O–H groups in total. The van der Waals surface area contributed by atoms with E-state index in [1.165, 1.54) is 0 Å². The van der Waals surface area contributed by atoms with Crippen molar-refractivity contribution in [2.75, 3.05) is 31.6 Å². The van der Waals surface area contributed by atoms with E-state index >= 15 is 0 Å². The number of rotatable bonds is 8. The molecule has 1 unspecified atom stereocenters. The van der Waals surface area contributed by atoms with Crippen LogP contribution in [0.25, 0.3) is 0 Å². The van der Waals surface area contributed by atoms with Crippen molar-refractivity contribution in [2.45, 2.75) is 46.1 Å². The number of likely N-dealkylation sites (tertiary alicyclic amines) is 1. The van der Waals surface area contributed by atoms with Crippen LogP contribution in [-0.4, -0.2) is 49.1 Å². The van der Waals surface area contributed by atoms with E-state index in [0.29, 0.717) is 13.2 Å². The van der Waals surface area contributed by atoms with Gasteiger partial charge in [-0.3, -0.25) is 14.5 Å². The van der Waals surface area contributed by atoms with E-state index in [2.05, 4.69) is 17.1 Å². The molecule has 2 rings (SSSR count). The molecular formula is C20H30N2O4. The standard InChI is InChI=1S/C20H30N2O4/c1-4-15(3)26-18-8-6-17(7-9-18)21-19(23)14-22-12-10-16(11-13-22)20(24)25-5-2/h6-9,15-16H,4-5,10-14H2,1-3H3,(H,21,23). The molecule has 0 aromatic heterocycles. The van der Waals surface area contributed by atoms with E-state index in [1.54, 1.807) is 0 Å². The van der Waals surface area contributed by atoms with Gasteiger partial charge < -0.3 is 14.8 Å². The van der Waals surface area contributed by atoms with Crippen molar-refractivity contribution in [3.63, 3.8) is 0 Å². The van der Waals surface area contributed by atoms with Crippen LogP contribution in [-0.2, 0) is 14.3 Å². The third kappa shape index (κ3) is 6.33. The van der Waals surface area contributed by atoms with E-state index in [-0.39, 0.29) is 23.9 Å². The van der Waals surface area contributed by atoms with Gasteiger partial charge in [0.05, 0.1) is 25.2 Å². The number of hydrogen-bond donors (Lipinski definition) is 1. The number of carbonyl (C=O) groups excluding carboxylic acids is 2. The second kappa shape index (κ2) is 10.2. The number of nitrogens with one attached hydrogen (secondary N) is 1. The number of ether oxygens (including phenoxy) is 2. The van der Waals surface area contributed by atoms with Crippen LogP contribution in [0, 0.1) is 5.92 Å². The Balaban J connectivity index is 1.74. The minimum atomic E-state index is -0.115. The topological polar surface area (TPSA) is 67.9 Å². The van der Waals surface area contributed by atoms with E-state index in [4.69, 9.17) is 9.47 Å². The van der Waals surface area contributed by atoms with Crippen LogP contribution in [0.3, 0.4) is 0 Å². The molecule has 1 atom stereocenters. The van der Waals surface area contributed by atoms with Crippen LogP contribution < -0.4 is 10.1 Å². The second-order valence-electron chi connectivity index (χ2n) is 6.71. The SMILES string of the molecule is CCOC(=O)C1CCN(CC(=O)Nc2ccc(OC(C)CC)cc2)CC1. The second-order valence-corrected chi connectivity index (χ2v) is 6.71. The van der Waals surface area contributed by atoms with Crippen LogP contribution in [0.2, 0.25) is 0 Å². The van der Waals surface area contributed by atoms with Crippen LogP contribution in [0.5, 0.6) is 5.75 Å². The van der Waals surface area contributed by atoms with Crippen molar-refractivity contribution in [3.05, 3.63) is 24.3 Å². The molecule has 6 heteroatoms. The molecule has 0 saturated carbocycles. The normalized spacial score (nSPS) is 16.7. The number of anilines is 1. The van der Waals surface area contributed by atoms with Gasteiger partial charge in [-0.2, -0.15) is 0 Å². The van der Waals surface area contributed by atoms with E-state index in [0.717, 1.165) is 43.8 Å². The molecule has 1 heterocycles. The summed E-state index contributed by atoms with van der Waals surface area (Å²) in [7, 11) is 0. The zero-order chi connectivity index (χ0) is 18.9. The molecule has 1 aliphatic heterocycles. The first kappa shape index (κ1) is 20.2. The van der Waals surface area contributed by atoms with Gasteiger partial charge in [-0.05, 0) is 70.5 Å². The van der Waals surface area contributed by atoms with E-state index < -0.39 is 0 Å². The molecular weight excluding hydrogens is 332 g/mol. The maximum absolute atomic E-state index is 12.2. The van der Waals surface area contributed by atoms with Crippen LogP contribution >= 0.6 is 0 Å². The van der Waals surface area contributed by atoms with Gasteiger partial charge in [0.1, 0.15) is 5.75 Å². The Bertz CT molecular complexity index is 580. The monoisotopic (exact) mass is 362 g/mol. The van der Waals surface area contributed by atoms with E-state index in [9.17, 15) is 9.59 Å². The molecule has 1 aliphatic rings. The maximum atomic E-state index is 12.2. The Morgan fingerprint density at radius 3 is 2.42 bits per heavy atom. The molecule has 0 radical (unpaired) electrons. The van der Waals surface area contributed by atoms with Gasteiger partial charge in [-0.15, -0.1) is 0 Å². The first-order valence-electron chi connectivity index (χ1n) is 9.47. The molecule has 1 aromatic carbocycles. The summed E-state index contributed by atoms with van der Waals surface area (Å²) in [5.41, 5.74) is 0.757. The van der Waals surface area contributed by atoms with Crippen molar-refractivity contribution < 1.29 is 19.1 Å². The number of benzene rings is 1. The highest BCUT2D eigenvalue weighted by Gasteiger charge is 2.26. The van der Waals surface area contributed by atoms with Gasteiger partial charge in [0, 0.05) is 5.69 Å². The molecule has 0 aliphatic carbocycles. The quantitative estimate of drug-likeness (QED) is 0.720. The third-order valence-electron chi connectivity index (χ3n) is 4.62. The van der Waals surface area contributed by atoms with Crippen molar-refractivity contribution in [1.29, 1.82) is 0 Å². The molecule has 0 spiro atoms. The average molecular weight is 362 g/mol. The molecule has 26 heavy (non-hydrogen) atoms. The third-order valence-corrected chi connectivity index (χ3v) is 4.62. The molecule has 1 amide bonds. The van der Waals surface area contributed by atoms with Crippen molar-refractivity contribution in [3.8, 4) is 5.75 Å². The summed E-state index contributed by atoms with van der Waals surface area (Å²) in [5.74, 6) is 0.609. The Morgan fingerprint density at radius 1 is 1.19 bits per heavy atom. The Hall–Kier alpha value is -2.08. The number of carbonyl (C=O) groups is 2. The minimum Gasteiger partial charge on any atom is -0.491 e. The minimum absolute atomic E-state index is 0.0349. The maximum Gasteiger partial charge on any atom is 0.309 e. The number of piperidine rings is 1. The van der Waals surface area contributed by atoms with Crippen LogP contribution in [0.15, 0.2) is 24.3 Å². The lowest BCUT2D eigenvalue weighted by Crippen LogP contribution is -2.41. The first-order valence-corrected chi connectivity index (χ1v) is 9.47. The summed E-state index contributed by atoms with van der Waals surface area (Å²) in [4.78, 5) is 26.1. The van der Waals surface area contributed by atoms with Gasteiger partial charge in [0.2, 0.25) is 5.91 Å². The van der Waals surface area contributed by atoms with Crippen molar-refractivity contribution in [1.82, 2.24) is 4.90 Å². The molecule has 6 nitrogen and oxygen atoms in total. The zero-order valence-corrected chi connectivity index (χ0v) is 16.0. The molecule has 1 fully saturated rings. The molecule has 1 aromatic rings. The summed E-state index contributed by atoms with van der Waals surface area (Å²) in [5, 5.41) is 2.91. The fraction of sp³-hybridized carbons (Fsp3) is 0.600. The Kier molecular flexibility index (Phi) is 7.91. The summed E-state index contributed by atoms with van der Waals surface area (Å²) in [6.07, 6.45) is 2.61. The highest BCUT2D eigenvalue weighted by atomic mass is 16.5. The fourth-order valence-electron chi connectivity index (χ4n) is 2.92. The average Bonchev–Trinajstić information content (AvgIpc) is 2.64. The lowest BCUT2D eigenvalue weighted by Gasteiger charge is -2.30. The largest absolute Gasteiger partial charge is 0.491 e. The van der Waals surface area contributed by atoms with Crippen molar-refractivity contribution in [2.24, 2.45) is 5.92 Å². The number of amides is 1. The summed E-state index contributed by atoms with van der Waals surface area (Å²) in [6, 6.07) is 7.43. The lowest BCUT2D eigenvalue weighted by molar-refractivity contribution is -0.149. The smallest absolute Gasteiger partial charge is 0.309 e. The Labute approximate surface area is 155 Å². The first-order chi connectivity index (χ1) is 12.5. The molecule has 144 valence electrons. The van der Waals surface area contributed by atoms with Crippen molar-refractivity contribution >= 4 is 17.6 Å². The predicted molar refractivity (Wildman–Crippen MR) is 101 cm³/mol. The van der Waals surface area contributed by atoms with Crippen LogP contribution in [0.4, 0.5) is 5.69 Å². The number of hydrogen-bond acceptors (Lipinski definition) is 5. The summed E-state index contributed by atoms with van der Waals surface area (Å²) in [6.45, 7) is 8.15. The summed E-state index contributed by atoms with van der Waals surface area (Å²) >= 11 is 0. The number of nitrogens with zero attached hydrogens (tertiary/aromatic N) is 1. The fourth-order valence-corrected chi connectivity index (χ4v) is 2.92. The highest BCUT2D eigenvalue weighted by Crippen LogP contribution is 2.20. The van der Waals surface area contributed by atoms with Gasteiger partial charge in [0.15, 0.2) is 0 Å². The van der Waals surface area contributed by atoms with Gasteiger partial charge >= 0.3 is 5.97 Å². The molecule has 1 saturated heterocycles.